The fourth-order valence-corrected chi connectivity index (χ4v) is 3.36. The van der Waals surface area contributed by atoms with E-state index in [1.807, 2.05) is 0 Å². The maximum absolute atomic E-state index is 12.9. The molecule has 0 unspecified atom stereocenters. The molecule has 27 heavy (non-hydrogen) atoms. The molecule has 0 aliphatic heterocycles. The van der Waals surface area contributed by atoms with Crippen LogP contribution in [0.15, 0.2) is 42.5 Å². The van der Waals surface area contributed by atoms with Crippen molar-refractivity contribution in [3.63, 3.8) is 0 Å². The highest BCUT2D eigenvalue weighted by molar-refractivity contribution is 7.92. The van der Waals surface area contributed by atoms with Crippen molar-refractivity contribution >= 4 is 27.3 Å². The fraction of sp³-hybridized carbons (Fsp3) is 0.235. The zero-order chi connectivity index (χ0) is 20.2. The molecule has 0 saturated carbocycles. The first-order valence-corrected chi connectivity index (χ1v) is 9.67. The van der Waals surface area contributed by atoms with Gasteiger partial charge in [-0.15, -0.1) is 0 Å². The summed E-state index contributed by atoms with van der Waals surface area (Å²) in [5.74, 6) is -1.01. The van der Waals surface area contributed by atoms with Gasteiger partial charge in [0.1, 0.15) is 12.4 Å². The predicted molar refractivity (Wildman–Crippen MR) is 98.3 cm³/mol. The number of halogens is 1. The van der Waals surface area contributed by atoms with Gasteiger partial charge in [0.2, 0.25) is 15.9 Å². The number of amides is 1. The molecule has 2 rings (SSSR count). The number of benzene rings is 2. The Morgan fingerprint density at radius 2 is 1.85 bits per heavy atom. The summed E-state index contributed by atoms with van der Waals surface area (Å²) in [6.45, 7) is 0.967. The van der Waals surface area contributed by atoms with Crippen LogP contribution >= 0.6 is 0 Å². The van der Waals surface area contributed by atoms with Crippen molar-refractivity contribution in [3.8, 4) is 0 Å². The lowest BCUT2D eigenvalue weighted by Gasteiger charge is -2.23. The summed E-state index contributed by atoms with van der Waals surface area (Å²) in [5.41, 5.74) is 0.595. The van der Waals surface area contributed by atoms with Gasteiger partial charge in [-0.3, -0.25) is 19.2 Å². The van der Waals surface area contributed by atoms with Crippen molar-refractivity contribution in [2.75, 3.05) is 17.1 Å². The molecule has 1 amide bonds. The number of carbonyl (C=O) groups excluding carboxylic acids is 1. The second-order valence-electron chi connectivity index (χ2n) is 5.85. The maximum atomic E-state index is 12.9. The Morgan fingerprint density at radius 3 is 2.41 bits per heavy atom. The second-order valence-corrected chi connectivity index (χ2v) is 7.76. The number of nitrogens with one attached hydrogen (secondary N) is 1. The van der Waals surface area contributed by atoms with Gasteiger partial charge in [-0.1, -0.05) is 18.2 Å². The zero-order valence-electron chi connectivity index (χ0n) is 14.7. The summed E-state index contributed by atoms with van der Waals surface area (Å²) < 4.78 is 38.0. The molecule has 2 aromatic carbocycles. The number of anilines is 1. The van der Waals surface area contributed by atoms with Gasteiger partial charge in [0.25, 0.3) is 5.69 Å². The van der Waals surface area contributed by atoms with Crippen LogP contribution in [-0.2, 0) is 21.4 Å². The van der Waals surface area contributed by atoms with Crippen LogP contribution in [-0.4, -0.2) is 32.0 Å². The SMILES string of the molecule is Cc1c(N(CC(=O)NCc2ccc(F)cc2)S(C)(=O)=O)cccc1[N+](=O)[O-]. The largest absolute Gasteiger partial charge is 0.350 e. The van der Waals surface area contributed by atoms with Crippen molar-refractivity contribution < 1.29 is 22.5 Å². The van der Waals surface area contributed by atoms with E-state index in [4.69, 9.17) is 0 Å². The van der Waals surface area contributed by atoms with Crippen molar-refractivity contribution in [2.45, 2.75) is 13.5 Å². The number of nitro benzene ring substituents is 1. The molecule has 0 heterocycles. The number of sulfonamides is 1. The van der Waals surface area contributed by atoms with Crippen LogP contribution in [0.1, 0.15) is 11.1 Å². The average Bonchev–Trinajstić information content (AvgIpc) is 2.58. The van der Waals surface area contributed by atoms with E-state index in [9.17, 15) is 27.7 Å². The summed E-state index contributed by atoms with van der Waals surface area (Å²) in [4.78, 5) is 22.7. The van der Waals surface area contributed by atoms with Crippen molar-refractivity contribution in [1.29, 1.82) is 0 Å². The van der Waals surface area contributed by atoms with Crippen LogP contribution < -0.4 is 9.62 Å². The average molecular weight is 395 g/mol. The minimum atomic E-state index is -3.87. The van der Waals surface area contributed by atoms with Crippen LogP contribution in [0.2, 0.25) is 0 Å². The second kappa shape index (κ2) is 8.12. The van der Waals surface area contributed by atoms with Crippen LogP contribution in [0, 0.1) is 22.9 Å². The van der Waals surface area contributed by atoms with Crippen LogP contribution in [0.3, 0.4) is 0 Å². The van der Waals surface area contributed by atoms with Gasteiger partial charge >= 0.3 is 0 Å². The molecular formula is C17H18FN3O5S. The highest BCUT2D eigenvalue weighted by Crippen LogP contribution is 2.29. The molecule has 1 N–H and O–H groups in total. The van der Waals surface area contributed by atoms with E-state index in [-0.39, 0.29) is 23.5 Å². The van der Waals surface area contributed by atoms with E-state index in [0.29, 0.717) is 5.56 Å². The third-order valence-electron chi connectivity index (χ3n) is 3.83. The lowest BCUT2D eigenvalue weighted by atomic mass is 10.1. The lowest BCUT2D eigenvalue weighted by Crippen LogP contribution is -2.40. The van der Waals surface area contributed by atoms with Crippen molar-refractivity contribution in [3.05, 3.63) is 69.5 Å². The third kappa shape index (κ3) is 5.23. The number of hydrogen-bond acceptors (Lipinski definition) is 5. The fourth-order valence-electron chi connectivity index (χ4n) is 2.45. The molecule has 0 saturated heterocycles. The number of hydrogen-bond donors (Lipinski definition) is 1. The van der Waals surface area contributed by atoms with Gasteiger partial charge in [-0.05, 0) is 30.7 Å². The number of nitro groups is 1. The molecule has 0 aliphatic rings. The molecule has 8 nitrogen and oxygen atoms in total. The Kier molecular flexibility index (Phi) is 6.11. The molecule has 0 fully saturated rings. The van der Waals surface area contributed by atoms with Gasteiger partial charge < -0.3 is 5.32 Å². The van der Waals surface area contributed by atoms with E-state index < -0.39 is 33.2 Å². The summed E-state index contributed by atoms with van der Waals surface area (Å²) >= 11 is 0. The molecule has 0 atom stereocenters. The third-order valence-corrected chi connectivity index (χ3v) is 4.96. The zero-order valence-corrected chi connectivity index (χ0v) is 15.5. The Labute approximate surface area is 155 Å². The summed E-state index contributed by atoms with van der Waals surface area (Å²) in [6, 6.07) is 9.50. The molecular weight excluding hydrogens is 377 g/mol. The van der Waals surface area contributed by atoms with Gasteiger partial charge in [0.15, 0.2) is 0 Å². The highest BCUT2D eigenvalue weighted by Gasteiger charge is 2.25. The Balaban J connectivity index is 2.20. The van der Waals surface area contributed by atoms with E-state index in [1.54, 1.807) is 0 Å². The Hall–Kier alpha value is -3.01. The van der Waals surface area contributed by atoms with Gasteiger partial charge in [0.05, 0.1) is 22.4 Å². The first-order valence-electron chi connectivity index (χ1n) is 7.82. The van der Waals surface area contributed by atoms with Crippen LogP contribution in [0.4, 0.5) is 15.8 Å². The quantitative estimate of drug-likeness (QED) is 0.570. The summed E-state index contributed by atoms with van der Waals surface area (Å²) in [6.07, 6.45) is 0.915. The lowest BCUT2D eigenvalue weighted by molar-refractivity contribution is -0.385. The first kappa shape index (κ1) is 20.3. The topological polar surface area (TPSA) is 110 Å². The molecule has 0 bridgehead atoms. The molecule has 0 aliphatic carbocycles. The van der Waals surface area contributed by atoms with Crippen molar-refractivity contribution in [1.82, 2.24) is 5.32 Å². The van der Waals surface area contributed by atoms with Gasteiger partial charge in [-0.2, -0.15) is 0 Å². The molecule has 0 radical (unpaired) electrons. The molecule has 2 aromatic rings. The monoisotopic (exact) mass is 395 g/mol. The van der Waals surface area contributed by atoms with E-state index in [1.165, 1.54) is 49.4 Å². The van der Waals surface area contributed by atoms with Crippen LogP contribution in [0.25, 0.3) is 0 Å². The first-order chi connectivity index (χ1) is 12.6. The smallest absolute Gasteiger partial charge is 0.274 e. The Bertz CT molecular complexity index is 961. The standard InChI is InChI=1S/C17H18FN3O5S/c1-12-15(4-3-5-16(12)21(23)24)20(27(2,25)26)11-17(22)19-10-13-6-8-14(18)9-7-13/h3-9H,10-11H2,1-2H3,(H,19,22). The minimum Gasteiger partial charge on any atom is -0.350 e. The normalized spacial score (nSPS) is 11.1. The minimum absolute atomic E-state index is 0.0589. The number of rotatable bonds is 7. The Morgan fingerprint density at radius 1 is 1.22 bits per heavy atom. The summed E-state index contributed by atoms with van der Waals surface area (Å²) in [5, 5.41) is 13.6. The van der Waals surface area contributed by atoms with Gasteiger partial charge in [-0.25, -0.2) is 12.8 Å². The number of carbonyl (C=O) groups is 1. The van der Waals surface area contributed by atoms with E-state index >= 15 is 0 Å². The predicted octanol–water partition coefficient (Wildman–Crippen LogP) is 2.12. The van der Waals surface area contributed by atoms with Crippen LogP contribution in [0.5, 0.6) is 0 Å². The van der Waals surface area contributed by atoms with E-state index in [0.717, 1.165) is 10.6 Å². The molecule has 0 aromatic heterocycles. The van der Waals surface area contributed by atoms with E-state index in [2.05, 4.69) is 5.32 Å². The molecule has 10 heteroatoms. The molecule has 144 valence electrons. The number of nitrogens with zero attached hydrogens (tertiary/aromatic N) is 2. The molecule has 0 spiro atoms. The summed E-state index contributed by atoms with van der Waals surface area (Å²) in [7, 11) is -3.87. The maximum Gasteiger partial charge on any atom is 0.274 e. The highest BCUT2D eigenvalue weighted by atomic mass is 32.2. The van der Waals surface area contributed by atoms with Gasteiger partial charge in [0, 0.05) is 12.6 Å². The van der Waals surface area contributed by atoms with Crippen molar-refractivity contribution in [2.24, 2.45) is 0 Å².